The van der Waals surface area contributed by atoms with Gasteiger partial charge in [-0.1, -0.05) is 19.1 Å². The predicted molar refractivity (Wildman–Crippen MR) is 131 cm³/mol. The number of aliphatic hydroxyl groups is 1. The molecule has 34 heavy (non-hydrogen) atoms. The first-order valence-electron chi connectivity index (χ1n) is 11.7. The number of hydrogen-bond acceptors (Lipinski definition) is 6. The summed E-state index contributed by atoms with van der Waals surface area (Å²) in [7, 11) is 0. The van der Waals surface area contributed by atoms with Crippen LogP contribution in [0.15, 0.2) is 59.5 Å². The number of halogens is 1. The van der Waals surface area contributed by atoms with Crippen molar-refractivity contribution in [2.45, 2.75) is 38.8 Å². The predicted octanol–water partition coefficient (Wildman–Crippen LogP) is 4.48. The Kier molecular flexibility index (Phi) is 6.30. The third kappa shape index (κ3) is 4.54. The fourth-order valence-corrected chi connectivity index (χ4v) is 4.94. The molecule has 2 atom stereocenters. The number of hydrogen-bond donors (Lipinski definition) is 2. The van der Waals surface area contributed by atoms with Crippen LogP contribution in [0, 0.1) is 11.7 Å². The van der Waals surface area contributed by atoms with Crippen LogP contribution in [0.4, 0.5) is 10.1 Å². The number of piperidine rings is 1. The summed E-state index contributed by atoms with van der Waals surface area (Å²) in [5, 5.41) is 9.26. The molecule has 6 nitrogen and oxygen atoms in total. The molecule has 1 aliphatic heterocycles. The van der Waals surface area contributed by atoms with Gasteiger partial charge < -0.3 is 20.2 Å². The zero-order valence-corrected chi connectivity index (χ0v) is 19.2. The molecule has 0 saturated carbocycles. The van der Waals surface area contributed by atoms with Gasteiger partial charge in [-0.05, 0) is 60.6 Å². The van der Waals surface area contributed by atoms with E-state index >= 15 is 0 Å². The molecule has 0 unspecified atom stereocenters. The molecule has 4 heterocycles. The lowest BCUT2D eigenvalue weighted by molar-refractivity contribution is 0.281. The number of pyridine rings is 2. The maximum Gasteiger partial charge on any atom is 0.152 e. The molecule has 5 rings (SSSR count). The van der Waals surface area contributed by atoms with Gasteiger partial charge in [-0.15, -0.1) is 0 Å². The SMILES string of the molecule is C[C@@H]1C[C@H](N)CN(c2ccncc2CCc2ccc3occ(-c4ccc(CO)cc4F)c3n2)C1. The summed E-state index contributed by atoms with van der Waals surface area (Å²) in [6, 6.07) is 10.8. The second-order valence-electron chi connectivity index (χ2n) is 9.28. The molecular weight excluding hydrogens is 431 g/mol. The van der Waals surface area contributed by atoms with Gasteiger partial charge in [0.2, 0.25) is 0 Å². The Bertz CT molecular complexity index is 1300. The molecule has 3 aromatic heterocycles. The standard InChI is InChI=1S/C27H29FN4O2/c1-17-10-20(29)14-32(13-17)25-8-9-30-12-19(25)3-4-21-5-7-26-27(31-21)23(16-34-26)22-6-2-18(15-33)11-24(22)28/h2,5-9,11-12,16-17,20,33H,3-4,10,13-15,29H2,1H3/t17-,20+/m1/s1. The van der Waals surface area contributed by atoms with Crippen molar-refractivity contribution in [2.75, 3.05) is 18.0 Å². The van der Waals surface area contributed by atoms with Crippen LogP contribution < -0.4 is 10.6 Å². The zero-order valence-electron chi connectivity index (χ0n) is 19.2. The summed E-state index contributed by atoms with van der Waals surface area (Å²) < 4.78 is 20.3. The smallest absolute Gasteiger partial charge is 0.152 e. The topological polar surface area (TPSA) is 88.4 Å². The Labute approximate surface area is 198 Å². The van der Waals surface area contributed by atoms with Crippen LogP contribution in [-0.2, 0) is 19.4 Å². The molecule has 4 aromatic rings. The van der Waals surface area contributed by atoms with Crippen molar-refractivity contribution in [3.8, 4) is 11.1 Å². The van der Waals surface area contributed by atoms with E-state index in [9.17, 15) is 9.50 Å². The van der Waals surface area contributed by atoms with Gasteiger partial charge in [-0.3, -0.25) is 4.98 Å². The van der Waals surface area contributed by atoms with Crippen molar-refractivity contribution >= 4 is 16.8 Å². The summed E-state index contributed by atoms with van der Waals surface area (Å²) in [5.74, 6) is 0.149. The number of nitrogens with zero attached hydrogens (tertiary/aromatic N) is 3. The van der Waals surface area contributed by atoms with Crippen molar-refractivity contribution in [1.82, 2.24) is 9.97 Å². The number of aromatic nitrogens is 2. The molecule has 7 heteroatoms. The summed E-state index contributed by atoms with van der Waals surface area (Å²) in [5.41, 5.74) is 12.3. The van der Waals surface area contributed by atoms with Gasteiger partial charge in [0.15, 0.2) is 5.58 Å². The maximum absolute atomic E-state index is 14.7. The fraction of sp³-hybridized carbons (Fsp3) is 0.333. The van der Waals surface area contributed by atoms with Crippen LogP contribution in [-0.4, -0.2) is 34.2 Å². The first-order valence-corrected chi connectivity index (χ1v) is 11.7. The number of fused-ring (bicyclic) bond motifs is 1. The molecule has 0 radical (unpaired) electrons. The van der Waals surface area contributed by atoms with Gasteiger partial charge in [0.25, 0.3) is 0 Å². The lowest BCUT2D eigenvalue weighted by atomic mass is 9.95. The second-order valence-corrected chi connectivity index (χ2v) is 9.28. The Morgan fingerprint density at radius 1 is 1.15 bits per heavy atom. The van der Waals surface area contributed by atoms with Crippen LogP contribution in [0.2, 0.25) is 0 Å². The van der Waals surface area contributed by atoms with Gasteiger partial charge in [0.05, 0.1) is 6.61 Å². The molecular formula is C27H29FN4O2. The van der Waals surface area contributed by atoms with E-state index in [1.165, 1.54) is 17.3 Å². The summed E-state index contributed by atoms with van der Waals surface area (Å²) in [6.07, 6.45) is 7.87. The largest absolute Gasteiger partial charge is 0.462 e. The van der Waals surface area contributed by atoms with Crippen molar-refractivity contribution in [1.29, 1.82) is 0 Å². The normalized spacial score (nSPS) is 18.5. The number of nitrogens with two attached hydrogens (primary N) is 1. The van der Waals surface area contributed by atoms with Gasteiger partial charge in [-0.2, -0.15) is 0 Å². The van der Waals surface area contributed by atoms with E-state index in [-0.39, 0.29) is 12.6 Å². The first-order chi connectivity index (χ1) is 16.5. The molecule has 1 aromatic carbocycles. The summed E-state index contributed by atoms with van der Waals surface area (Å²) in [6.45, 7) is 3.89. The van der Waals surface area contributed by atoms with E-state index in [2.05, 4.69) is 22.9 Å². The lowest BCUT2D eigenvalue weighted by Gasteiger charge is -2.37. The lowest BCUT2D eigenvalue weighted by Crippen LogP contribution is -2.46. The summed E-state index contributed by atoms with van der Waals surface area (Å²) in [4.78, 5) is 11.5. The molecule has 0 amide bonds. The highest BCUT2D eigenvalue weighted by Gasteiger charge is 2.24. The number of aliphatic hydroxyl groups excluding tert-OH is 1. The molecule has 0 bridgehead atoms. The number of furan rings is 1. The van der Waals surface area contributed by atoms with Crippen LogP contribution in [0.25, 0.3) is 22.2 Å². The van der Waals surface area contributed by atoms with E-state index in [0.29, 0.717) is 33.7 Å². The van der Waals surface area contributed by atoms with Gasteiger partial charge >= 0.3 is 0 Å². The molecule has 0 aliphatic carbocycles. The molecule has 1 fully saturated rings. The Morgan fingerprint density at radius 2 is 2.03 bits per heavy atom. The minimum atomic E-state index is -0.407. The second kappa shape index (κ2) is 9.52. The number of benzene rings is 1. The minimum Gasteiger partial charge on any atom is -0.462 e. The maximum atomic E-state index is 14.7. The Hall–Kier alpha value is -3.29. The highest BCUT2D eigenvalue weighted by atomic mass is 19.1. The third-order valence-corrected chi connectivity index (χ3v) is 6.54. The molecule has 1 aliphatic rings. The van der Waals surface area contributed by atoms with Crippen LogP contribution in [0.5, 0.6) is 0 Å². The average molecular weight is 461 g/mol. The number of rotatable bonds is 6. The Morgan fingerprint density at radius 3 is 2.82 bits per heavy atom. The van der Waals surface area contributed by atoms with Crippen LogP contribution in [0.1, 0.15) is 30.2 Å². The summed E-state index contributed by atoms with van der Waals surface area (Å²) >= 11 is 0. The van der Waals surface area contributed by atoms with Crippen molar-refractivity contribution < 1.29 is 13.9 Å². The van der Waals surface area contributed by atoms with E-state index < -0.39 is 5.82 Å². The minimum absolute atomic E-state index is 0.181. The zero-order chi connectivity index (χ0) is 23.7. The van der Waals surface area contributed by atoms with E-state index in [1.807, 2.05) is 24.5 Å². The van der Waals surface area contributed by atoms with E-state index in [4.69, 9.17) is 15.1 Å². The van der Waals surface area contributed by atoms with Gasteiger partial charge in [-0.25, -0.2) is 9.37 Å². The third-order valence-electron chi connectivity index (χ3n) is 6.54. The van der Waals surface area contributed by atoms with E-state index in [0.717, 1.165) is 38.0 Å². The monoisotopic (exact) mass is 460 g/mol. The highest BCUT2D eigenvalue weighted by molar-refractivity contribution is 5.91. The fourth-order valence-electron chi connectivity index (χ4n) is 4.94. The Balaban J connectivity index is 1.39. The van der Waals surface area contributed by atoms with Crippen LogP contribution >= 0.6 is 0 Å². The van der Waals surface area contributed by atoms with E-state index in [1.54, 1.807) is 18.4 Å². The van der Waals surface area contributed by atoms with Crippen LogP contribution in [0.3, 0.4) is 0 Å². The molecule has 1 saturated heterocycles. The number of aryl methyl sites for hydroxylation is 2. The van der Waals surface area contributed by atoms with Crippen molar-refractivity contribution in [3.05, 3.63) is 77.7 Å². The molecule has 3 N–H and O–H groups in total. The average Bonchev–Trinajstić information content (AvgIpc) is 3.25. The highest BCUT2D eigenvalue weighted by Crippen LogP contribution is 2.32. The van der Waals surface area contributed by atoms with Gasteiger partial charge in [0, 0.05) is 54.0 Å². The molecule has 176 valence electrons. The molecule has 0 spiro atoms. The van der Waals surface area contributed by atoms with Crippen molar-refractivity contribution in [3.63, 3.8) is 0 Å². The van der Waals surface area contributed by atoms with Crippen molar-refractivity contribution in [2.24, 2.45) is 11.7 Å². The first kappa shape index (κ1) is 22.5. The quantitative estimate of drug-likeness (QED) is 0.441. The number of anilines is 1. The van der Waals surface area contributed by atoms with Gasteiger partial charge in [0.1, 0.15) is 17.6 Å².